The molecule has 3 rings (SSSR count). The van der Waals surface area contributed by atoms with E-state index in [1.807, 2.05) is 11.7 Å². The van der Waals surface area contributed by atoms with Crippen LogP contribution in [0.2, 0.25) is 0 Å². The van der Waals surface area contributed by atoms with Gasteiger partial charge in [0.2, 0.25) is 0 Å². The van der Waals surface area contributed by atoms with Gasteiger partial charge in [-0.1, -0.05) is 0 Å². The zero-order chi connectivity index (χ0) is 12.5. The molecule has 1 aliphatic rings. The van der Waals surface area contributed by atoms with Gasteiger partial charge in [0.05, 0.1) is 16.3 Å². The van der Waals surface area contributed by atoms with E-state index in [9.17, 15) is 0 Å². The fourth-order valence-electron chi connectivity index (χ4n) is 2.47. The first-order valence-corrected chi connectivity index (χ1v) is 7.90. The predicted molar refractivity (Wildman–Crippen MR) is 79.1 cm³/mol. The van der Waals surface area contributed by atoms with Crippen LogP contribution in [0.4, 0.5) is 0 Å². The van der Waals surface area contributed by atoms with Gasteiger partial charge in [0.25, 0.3) is 0 Å². The molecule has 0 radical (unpaired) electrons. The lowest BCUT2D eigenvalue weighted by atomic mass is 9.96. The number of rotatable bonds is 2. The van der Waals surface area contributed by atoms with E-state index < -0.39 is 0 Å². The smallest absolute Gasteiger partial charge is 0.0782 e. The van der Waals surface area contributed by atoms with Crippen molar-refractivity contribution in [3.63, 3.8) is 0 Å². The lowest BCUT2D eigenvalue weighted by Gasteiger charge is -2.20. The van der Waals surface area contributed by atoms with E-state index in [4.69, 9.17) is 0 Å². The molecule has 1 saturated heterocycles. The number of nitrogens with one attached hydrogen (secondary N) is 1. The van der Waals surface area contributed by atoms with Crippen LogP contribution in [-0.2, 0) is 7.05 Å². The SMILES string of the molecule is Cn1nc(C2CCCNC2)cc1-c1cc(Br)cs1. The summed E-state index contributed by atoms with van der Waals surface area (Å²) < 4.78 is 3.15. The maximum Gasteiger partial charge on any atom is 0.0782 e. The molecule has 3 heterocycles. The molecule has 0 amide bonds. The normalized spacial score (nSPS) is 20.2. The van der Waals surface area contributed by atoms with E-state index in [1.54, 1.807) is 11.3 Å². The first-order valence-electron chi connectivity index (χ1n) is 6.23. The molecule has 0 aromatic carbocycles. The van der Waals surface area contributed by atoms with E-state index in [0.717, 1.165) is 17.6 Å². The minimum Gasteiger partial charge on any atom is -0.316 e. The van der Waals surface area contributed by atoms with Crippen molar-refractivity contribution in [3.05, 3.63) is 27.7 Å². The van der Waals surface area contributed by atoms with Crippen molar-refractivity contribution in [2.45, 2.75) is 18.8 Å². The van der Waals surface area contributed by atoms with Gasteiger partial charge in [-0.15, -0.1) is 11.3 Å². The Morgan fingerprint density at radius 2 is 2.39 bits per heavy atom. The number of nitrogens with zero attached hydrogens (tertiary/aromatic N) is 2. The summed E-state index contributed by atoms with van der Waals surface area (Å²) in [4.78, 5) is 1.27. The Hall–Kier alpha value is -0.650. The summed E-state index contributed by atoms with van der Waals surface area (Å²) in [5.41, 5.74) is 2.44. The summed E-state index contributed by atoms with van der Waals surface area (Å²) in [6.07, 6.45) is 2.50. The number of thiophene rings is 1. The Morgan fingerprint density at radius 1 is 1.50 bits per heavy atom. The predicted octanol–water partition coefficient (Wildman–Crippen LogP) is 3.38. The largest absolute Gasteiger partial charge is 0.316 e. The van der Waals surface area contributed by atoms with E-state index in [1.165, 1.54) is 29.1 Å². The van der Waals surface area contributed by atoms with Gasteiger partial charge in [-0.25, -0.2) is 0 Å². The fraction of sp³-hybridized carbons (Fsp3) is 0.462. The van der Waals surface area contributed by atoms with Crippen LogP contribution in [0.1, 0.15) is 24.5 Å². The van der Waals surface area contributed by atoms with E-state index in [0.29, 0.717) is 5.92 Å². The summed E-state index contributed by atoms with van der Waals surface area (Å²) in [6.45, 7) is 2.21. The van der Waals surface area contributed by atoms with Crippen molar-refractivity contribution in [2.75, 3.05) is 13.1 Å². The van der Waals surface area contributed by atoms with Crippen molar-refractivity contribution in [1.82, 2.24) is 15.1 Å². The minimum atomic E-state index is 0.571. The third kappa shape index (κ3) is 2.39. The van der Waals surface area contributed by atoms with Gasteiger partial charge in [0, 0.05) is 29.4 Å². The fourth-order valence-corrected chi connectivity index (χ4v) is 3.95. The summed E-state index contributed by atoms with van der Waals surface area (Å²) in [5, 5.41) is 10.3. The molecular weight excluding hydrogens is 310 g/mol. The van der Waals surface area contributed by atoms with Gasteiger partial charge in [-0.3, -0.25) is 4.68 Å². The topological polar surface area (TPSA) is 29.9 Å². The molecule has 2 aromatic heterocycles. The van der Waals surface area contributed by atoms with Crippen LogP contribution in [0.15, 0.2) is 22.0 Å². The van der Waals surface area contributed by atoms with Gasteiger partial charge in [-0.05, 0) is 47.4 Å². The Bertz CT molecular complexity index is 540. The van der Waals surface area contributed by atoms with E-state index in [-0.39, 0.29) is 0 Å². The molecule has 0 aliphatic carbocycles. The van der Waals surface area contributed by atoms with Crippen molar-refractivity contribution in [3.8, 4) is 10.6 Å². The summed E-state index contributed by atoms with van der Waals surface area (Å²) in [5.74, 6) is 0.571. The van der Waals surface area contributed by atoms with Gasteiger partial charge < -0.3 is 5.32 Å². The molecule has 0 bridgehead atoms. The highest BCUT2D eigenvalue weighted by Crippen LogP contribution is 2.32. The highest BCUT2D eigenvalue weighted by molar-refractivity contribution is 9.10. The first kappa shape index (κ1) is 12.4. The van der Waals surface area contributed by atoms with Crippen LogP contribution < -0.4 is 5.32 Å². The number of halogens is 1. The maximum absolute atomic E-state index is 4.69. The van der Waals surface area contributed by atoms with Crippen LogP contribution in [0.5, 0.6) is 0 Å². The quantitative estimate of drug-likeness (QED) is 0.917. The van der Waals surface area contributed by atoms with Crippen molar-refractivity contribution >= 4 is 27.3 Å². The van der Waals surface area contributed by atoms with Gasteiger partial charge >= 0.3 is 0 Å². The highest BCUT2D eigenvalue weighted by atomic mass is 79.9. The standard InChI is InChI=1S/C13H16BrN3S/c1-17-12(13-5-10(14)8-18-13)6-11(16-17)9-3-2-4-15-7-9/h5-6,8-9,15H,2-4,7H2,1H3. The van der Waals surface area contributed by atoms with Crippen LogP contribution in [-0.4, -0.2) is 22.9 Å². The van der Waals surface area contributed by atoms with Gasteiger partial charge in [0.1, 0.15) is 0 Å². The van der Waals surface area contributed by atoms with Crippen LogP contribution in [0.3, 0.4) is 0 Å². The Morgan fingerprint density at radius 3 is 3.06 bits per heavy atom. The number of aryl methyl sites for hydroxylation is 1. The molecular formula is C13H16BrN3S. The van der Waals surface area contributed by atoms with Crippen molar-refractivity contribution in [2.24, 2.45) is 7.05 Å². The molecule has 18 heavy (non-hydrogen) atoms. The summed E-state index contributed by atoms with van der Waals surface area (Å²) >= 11 is 5.26. The summed E-state index contributed by atoms with van der Waals surface area (Å²) in [7, 11) is 2.03. The molecule has 1 unspecified atom stereocenters. The molecule has 1 aliphatic heterocycles. The average molecular weight is 326 g/mol. The zero-order valence-corrected chi connectivity index (χ0v) is 12.7. The van der Waals surface area contributed by atoms with Gasteiger partial charge in [-0.2, -0.15) is 5.10 Å². The monoisotopic (exact) mass is 325 g/mol. The van der Waals surface area contributed by atoms with Crippen LogP contribution in [0.25, 0.3) is 10.6 Å². The van der Waals surface area contributed by atoms with Crippen molar-refractivity contribution < 1.29 is 0 Å². The van der Waals surface area contributed by atoms with Crippen molar-refractivity contribution in [1.29, 1.82) is 0 Å². The second-order valence-corrected chi connectivity index (χ2v) is 6.58. The van der Waals surface area contributed by atoms with Crippen LogP contribution in [0, 0.1) is 0 Å². The molecule has 2 aromatic rings. The third-order valence-electron chi connectivity index (χ3n) is 3.43. The molecule has 3 nitrogen and oxygen atoms in total. The highest BCUT2D eigenvalue weighted by Gasteiger charge is 2.19. The number of piperidine rings is 1. The molecule has 1 N–H and O–H groups in total. The lowest BCUT2D eigenvalue weighted by molar-refractivity contribution is 0.451. The molecule has 0 spiro atoms. The molecule has 1 fully saturated rings. The Labute approximate surface area is 119 Å². The second kappa shape index (κ2) is 5.15. The first-order chi connectivity index (χ1) is 8.74. The molecule has 0 saturated carbocycles. The minimum absolute atomic E-state index is 0.571. The number of hydrogen-bond donors (Lipinski definition) is 1. The zero-order valence-electron chi connectivity index (χ0n) is 10.3. The number of aromatic nitrogens is 2. The molecule has 1 atom stereocenters. The lowest BCUT2D eigenvalue weighted by Crippen LogP contribution is -2.28. The number of hydrogen-bond acceptors (Lipinski definition) is 3. The Kier molecular flexibility index (Phi) is 3.54. The molecule has 5 heteroatoms. The van der Waals surface area contributed by atoms with Gasteiger partial charge in [0.15, 0.2) is 0 Å². The summed E-state index contributed by atoms with van der Waals surface area (Å²) in [6, 6.07) is 4.40. The third-order valence-corrected chi connectivity index (χ3v) is 5.15. The molecule has 96 valence electrons. The van der Waals surface area contributed by atoms with Crippen LogP contribution >= 0.6 is 27.3 Å². The average Bonchev–Trinajstić information content (AvgIpc) is 2.97. The van der Waals surface area contributed by atoms with E-state index in [2.05, 4.69) is 43.9 Å². The second-order valence-electron chi connectivity index (χ2n) is 4.75. The Balaban J connectivity index is 1.90. The maximum atomic E-state index is 4.69. The van der Waals surface area contributed by atoms with E-state index >= 15 is 0 Å².